The maximum Gasteiger partial charge on any atom is 0.357 e. The van der Waals surface area contributed by atoms with Gasteiger partial charge in [-0.25, -0.2) is 0 Å². The summed E-state index contributed by atoms with van der Waals surface area (Å²) in [6.45, 7) is 4.00. The van der Waals surface area contributed by atoms with Crippen molar-refractivity contribution in [3.05, 3.63) is 11.6 Å². The number of carbonyl (C=O) groups is 4. The fourth-order valence-corrected chi connectivity index (χ4v) is 3.46. The van der Waals surface area contributed by atoms with Gasteiger partial charge in [0.15, 0.2) is 24.4 Å². The average Bonchev–Trinajstić information content (AvgIpc) is 2.63. The highest BCUT2D eigenvalue weighted by molar-refractivity contribution is 7.57. The molecule has 0 amide bonds. The maximum absolute atomic E-state index is 12.6. The molecule has 13 heteroatoms. The lowest BCUT2D eigenvalue weighted by Gasteiger charge is -2.41. The van der Waals surface area contributed by atoms with Crippen molar-refractivity contribution in [2.75, 3.05) is 20.8 Å². The molecule has 0 aliphatic carbocycles. The van der Waals surface area contributed by atoms with Crippen molar-refractivity contribution in [2.24, 2.45) is 0 Å². The zero-order valence-corrected chi connectivity index (χ0v) is 18.3. The summed E-state index contributed by atoms with van der Waals surface area (Å²) in [6.07, 6.45) is -5.37. The van der Waals surface area contributed by atoms with Crippen LogP contribution in [0.5, 0.6) is 0 Å². The lowest BCUT2D eigenvalue weighted by atomic mass is 9.97. The second kappa shape index (κ2) is 11.1. The van der Waals surface area contributed by atoms with Crippen LogP contribution in [0.1, 0.15) is 27.7 Å². The van der Waals surface area contributed by atoms with Crippen LogP contribution in [-0.2, 0) is 56.5 Å². The van der Waals surface area contributed by atoms with Crippen molar-refractivity contribution < 1.29 is 56.5 Å². The minimum absolute atomic E-state index is 0.260. The maximum atomic E-state index is 12.6. The predicted molar refractivity (Wildman–Crippen MR) is 97.9 cm³/mol. The van der Waals surface area contributed by atoms with Crippen molar-refractivity contribution in [1.82, 2.24) is 0 Å². The molecule has 0 aromatic heterocycles. The number of hydrogen-bond acceptors (Lipinski definition) is 12. The van der Waals surface area contributed by atoms with Crippen LogP contribution in [0.4, 0.5) is 0 Å². The quantitative estimate of drug-likeness (QED) is 0.294. The molecule has 1 heterocycles. The fourth-order valence-electron chi connectivity index (χ4n) is 2.58. The van der Waals surface area contributed by atoms with Crippen LogP contribution in [0.2, 0.25) is 0 Å². The normalized spacial score (nSPS) is 25.1. The van der Waals surface area contributed by atoms with Crippen molar-refractivity contribution >= 4 is 31.5 Å². The van der Waals surface area contributed by atoms with Crippen LogP contribution in [0.25, 0.3) is 0 Å². The number of rotatable bonds is 8. The summed E-state index contributed by atoms with van der Waals surface area (Å²) < 4.78 is 48.5. The zero-order chi connectivity index (χ0) is 23.1. The topological polar surface area (TPSA) is 150 Å². The zero-order valence-electron chi connectivity index (χ0n) is 17.4. The molecule has 0 aromatic carbocycles. The van der Waals surface area contributed by atoms with Gasteiger partial charge in [-0.1, -0.05) is 0 Å². The Bertz CT molecular complexity index is 737. The average molecular weight is 452 g/mol. The van der Waals surface area contributed by atoms with Crippen molar-refractivity contribution in [3.8, 4) is 0 Å². The van der Waals surface area contributed by atoms with Gasteiger partial charge in [0.1, 0.15) is 12.4 Å². The predicted octanol–water partition coefficient (Wildman–Crippen LogP) is 1.07. The second-order valence-corrected chi connectivity index (χ2v) is 8.14. The first-order valence-corrected chi connectivity index (χ1v) is 10.3. The molecule has 30 heavy (non-hydrogen) atoms. The van der Waals surface area contributed by atoms with Gasteiger partial charge in [0.2, 0.25) is 0 Å². The lowest BCUT2D eigenvalue weighted by molar-refractivity contribution is -0.215. The lowest BCUT2D eigenvalue weighted by Crippen LogP contribution is -2.57. The molecule has 1 aliphatic rings. The first-order valence-electron chi connectivity index (χ1n) is 8.68. The Kier molecular flexibility index (Phi) is 9.47. The van der Waals surface area contributed by atoms with E-state index in [2.05, 4.69) is 0 Å². The Hall–Kier alpha value is -2.43. The van der Waals surface area contributed by atoms with Gasteiger partial charge >= 0.3 is 31.5 Å². The van der Waals surface area contributed by atoms with E-state index in [4.69, 9.17) is 32.7 Å². The van der Waals surface area contributed by atoms with Crippen LogP contribution < -0.4 is 0 Å². The molecule has 0 bridgehead atoms. The standard InChI is InChI=1S/C17H25O12P/c1-9(18)25-7-13-15(26-10(2)19)17(28-12(4)21)16(27-11(3)20)14(29-13)8-30(22,23-5)24-6/h8,13,15-17H,7H2,1-6H3/b14-8-/t13-,15-,16+,17+/m1/s1. The van der Waals surface area contributed by atoms with Gasteiger partial charge in [-0.3, -0.25) is 23.7 Å². The van der Waals surface area contributed by atoms with Crippen LogP contribution in [-0.4, -0.2) is 69.1 Å². The van der Waals surface area contributed by atoms with Gasteiger partial charge in [0.25, 0.3) is 0 Å². The molecule has 0 radical (unpaired) electrons. The summed E-state index contributed by atoms with van der Waals surface area (Å²) in [6, 6.07) is 0. The van der Waals surface area contributed by atoms with Crippen LogP contribution in [0, 0.1) is 0 Å². The van der Waals surface area contributed by atoms with E-state index in [1.807, 2.05) is 0 Å². The van der Waals surface area contributed by atoms with E-state index >= 15 is 0 Å². The molecule has 170 valence electrons. The van der Waals surface area contributed by atoms with E-state index in [0.717, 1.165) is 47.7 Å². The van der Waals surface area contributed by atoms with E-state index in [9.17, 15) is 23.7 Å². The van der Waals surface area contributed by atoms with Crippen molar-refractivity contribution in [2.45, 2.75) is 52.1 Å². The van der Waals surface area contributed by atoms with Gasteiger partial charge in [0.05, 0.1) is 5.82 Å². The van der Waals surface area contributed by atoms with Crippen LogP contribution in [0.15, 0.2) is 11.6 Å². The third kappa shape index (κ3) is 7.43. The Morgan fingerprint density at radius 2 is 1.37 bits per heavy atom. The first-order chi connectivity index (χ1) is 13.9. The molecule has 4 atom stereocenters. The summed E-state index contributed by atoms with van der Waals surface area (Å²) in [4.78, 5) is 46.2. The summed E-state index contributed by atoms with van der Waals surface area (Å²) in [7, 11) is -1.60. The van der Waals surface area contributed by atoms with Crippen LogP contribution >= 0.6 is 7.60 Å². The second-order valence-electron chi connectivity index (χ2n) is 6.07. The van der Waals surface area contributed by atoms with E-state index in [1.54, 1.807) is 0 Å². The highest BCUT2D eigenvalue weighted by atomic mass is 31.2. The third-order valence-corrected chi connectivity index (χ3v) is 5.29. The van der Waals surface area contributed by atoms with Crippen LogP contribution in [0.3, 0.4) is 0 Å². The van der Waals surface area contributed by atoms with E-state index in [-0.39, 0.29) is 5.76 Å². The van der Waals surface area contributed by atoms with Gasteiger partial charge in [-0.15, -0.1) is 0 Å². The Morgan fingerprint density at radius 3 is 1.80 bits per heavy atom. The van der Waals surface area contributed by atoms with Crippen molar-refractivity contribution in [1.29, 1.82) is 0 Å². The molecule has 1 rings (SSSR count). The highest BCUT2D eigenvalue weighted by Crippen LogP contribution is 2.50. The molecule has 0 unspecified atom stereocenters. The number of hydrogen-bond donors (Lipinski definition) is 0. The molecule has 0 N–H and O–H groups in total. The molecule has 0 aromatic rings. The molecule has 0 saturated carbocycles. The number of ether oxygens (including phenoxy) is 5. The summed E-state index contributed by atoms with van der Waals surface area (Å²) in [5.74, 6) is -2.33. The minimum atomic E-state index is -3.84. The molecule has 1 saturated heterocycles. The monoisotopic (exact) mass is 452 g/mol. The largest absolute Gasteiger partial charge is 0.483 e. The van der Waals surface area contributed by atoms with Gasteiger partial charge in [-0.05, 0) is 0 Å². The van der Waals surface area contributed by atoms with Gasteiger partial charge < -0.3 is 32.7 Å². The molecular formula is C17H25O12P. The molecule has 12 nitrogen and oxygen atoms in total. The Labute approximate surface area is 173 Å². The Balaban J connectivity index is 3.54. The summed E-state index contributed by atoms with van der Waals surface area (Å²) in [5.41, 5.74) is 0. The fraction of sp³-hybridized carbons (Fsp3) is 0.647. The highest BCUT2D eigenvalue weighted by Gasteiger charge is 2.51. The van der Waals surface area contributed by atoms with E-state index < -0.39 is 62.5 Å². The first kappa shape index (κ1) is 25.6. The SMILES string of the molecule is COP(=O)(/C=C1\O[C@H](COC(C)=O)[C@@H](OC(C)=O)[C@H](OC(C)=O)[C@H]1OC(C)=O)OC. The summed E-state index contributed by atoms with van der Waals surface area (Å²) in [5, 5.41) is 0. The number of esters is 4. The van der Waals surface area contributed by atoms with E-state index in [0.29, 0.717) is 0 Å². The molecule has 0 spiro atoms. The number of carbonyl (C=O) groups excluding carboxylic acids is 4. The third-order valence-electron chi connectivity index (χ3n) is 3.70. The molecule has 1 aliphatic heterocycles. The summed E-state index contributed by atoms with van der Waals surface area (Å²) >= 11 is 0. The van der Waals surface area contributed by atoms with Crippen molar-refractivity contribution in [3.63, 3.8) is 0 Å². The Morgan fingerprint density at radius 1 is 0.867 bits per heavy atom. The molecule has 1 fully saturated rings. The van der Waals surface area contributed by atoms with Gasteiger partial charge in [0, 0.05) is 41.9 Å². The smallest absolute Gasteiger partial charge is 0.357 e. The molecular weight excluding hydrogens is 427 g/mol. The van der Waals surface area contributed by atoms with E-state index in [1.165, 1.54) is 0 Å². The van der Waals surface area contributed by atoms with Gasteiger partial charge in [-0.2, -0.15) is 0 Å². The minimum Gasteiger partial charge on any atom is -0.483 e.